The van der Waals surface area contributed by atoms with Crippen LogP contribution in [-0.4, -0.2) is 11.9 Å². The fourth-order valence-corrected chi connectivity index (χ4v) is 3.08. The highest BCUT2D eigenvalue weighted by Gasteiger charge is 2.23. The highest BCUT2D eigenvalue weighted by Crippen LogP contribution is 2.25. The minimum Gasteiger partial charge on any atom is -0.373 e. The van der Waals surface area contributed by atoms with Gasteiger partial charge in [0, 0.05) is 14.9 Å². The van der Waals surface area contributed by atoms with Crippen molar-refractivity contribution in [2.24, 2.45) is 0 Å². The summed E-state index contributed by atoms with van der Waals surface area (Å²) in [6.07, 6.45) is 1.53. The number of nitrogens with one attached hydrogen (secondary N) is 2. The van der Waals surface area contributed by atoms with E-state index in [1.807, 2.05) is 24.3 Å². The van der Waals surface area contributed by atoms with Crippen LogP contribution in [0.3, 0.4) is 0 Å². The molecule has 1 atom stereocenters. The first-order valence-electron chi connectivity index (χ1n) is 6.74. The monoisotopic (exact) mass is 396 g/mol. The Morgan fingerprint density at radius 1 is 1.24 bits per heavy atom. The van der Waals surface area contributed by atoms with Crippen molar-refractivity contribution >= 4 is 39.9 Å². The standard InChI is InChI=1S/C16H14FIN2O/c17-11-6-8-14(12(18)9-11)19-15-7-5-10-3-1-2-4-13(10)20-16(15)21/h1-4,6,8-9,15,19H,5,7H2,(H,20,21). The summed E-state index contributed by atoms with van der Waals surface area (Å²) in [4.78, 5) is 12.3. The number of hydrogen-bond donors (Lipinski definition) is 2. The summed E-state index contributed by atoms with van der Waals surface area (Å²) in [5.41, 5.74) is 2.80. The maximum atomic E-state index is 13.1. The van der Waals surface area contributed by atoms with Gasteiger partial charge in [-0.3, -0.25) is 4.79 Å². The Labute approximate surface area is 136 Å². The summed E-state index contributed by atoms with van der Waals surface area (Å²) in [6, 6.07) is 12.0. The maximum absolute atomic E-state index is 13.1. The molecule has 0 spiro atoms. The van der Waals surface area contributed by atoms with Gasteiger partial charge in [-0.1, -0.05) is 18.2 Å². The number of para-hydroxylation sites is 1. The molecule has 21 heavy (non-hydrogen) atoms. The summed E-state index contributed by atoms with van der Waals surface area (Å²) < 4.78 is 13.9. The van der Waals surface area contributed by atoms with Crippen LogP contribution in [-0.2, 0) is 11.2 Å². The summed E-state index contributed by atoms with van der Waals surface area (Å²) in [5.74, 6) is -0.331. The topological polar surface area (TPSA) is 41.1 Å². The van der Waals surface area contributed by atoms with Crippen LogP contribution in [0.5, 0.6) is 0 Å². The quantitative estimate of drug-likeness (QED) is 0.759. The maximum Gasteiger partial charge on any atom is 0.246 e. The lowest BCUT2D eigenvalue weighted by molar-refractivity contribution is -0.116. The van der Waals surface area contributed by atoms with Gasteiger partial charge in [-0.05, 0) is 65.3 Å². The first kappa shape index (κ1) is 14.3. The number of rotatable bonds is 2. The van der Waals surface area contributed by atoms with Gasteiger partial charge in [-0.2, -0.15) is 0 Å². The molecule has 1 unspecified atom stereocenters. The molecule has 0 radical (unpaired) electrons. The molecule has 2 aromatic carbocycles. The Balaban J connectivity index is 1.80. The van der Waals surface area contributed by atoms with Gasteiger partial charge in [0.05, 0.1) is 0 Å². The van der Waals surface area contributed by atoms with Gasteiger partial charge >= 0.3 is 0 Å². The number of carbonyl (C=O) groups excluding carboxylic acids is 1. The number of fused-ring (bicyclic) bond motifs is 1. The van der Waals surface area contributed by atoms with E-state index >= 15 is 0 Å². The third kappa shape index (κ3) is 3.18. The Bertz CT molecular complexity index is 690. The molecule has 0 aliphatic carbocycles. The average Bonchev–Trinajstić information content (AvgIpc) is 2.61. The summed E-state index contributed by atoms with van der Waals surface area (Å²) in [6.45, 7) is 0. The summed E-state index contributed by atoms with van der Waals surface area (Å²) in [7, 11) is 0. The number of amides is 1. The van der Waals surface area contributed by atoms with E-state index in [2.05, 4.69) is 33.2 Å². The number of hydrogen-bond acceptors (Lipinski definition) is 2. The van der Waals surface area contributed by atoms with Crippen LogP contribution in [0.1, 0.15) is 12.0 Å². The smallest absolute Gasteiger partial charge is 0.246 e. The summed E-state index contributed by atoms with van der Waals surface area (Å²) in [5, 5.41) is 6.16. The third-order valence-electron chi connectivity index (χ3n) is 3.55. The van der Waals surface area contributed by atoms with Gasteiger partial charge in [0.15, 0.2) is 0 Å². The molecule has 1 aliphatic heterocycles. The largest absolute Gasteiger partial charge is 0.373 e. The van der Waals surface area contributed by atoms with Gasteiger partial charge < -0.3 is 10.6 Å². The van der Waals surface area contributed by atoms with Crippen LogP contribution in [0.25, 0.3) is 0 Å². The molecule has 5 heteroatoms. The minimum absolute atomic E-state index is 0.0555. The van der Waals surface area contributed by atoms with Gasteiger partial charge in [0.2, 0.25) is 5.91 Å². The summed E-state index contributed by atoms with van der Waals surface area (Å²) >= 11 is 2.06. The number of aryl methyl sites for hydroxylation is 1. The van der Waals surface area contributed by atoms with E-state index in [1.165, 1.54) is 12.1 Å². The predicted octanol–water partition coefficient (Wildman–Crippen LogP) is 3.80. The van der Waals surface area contributed by atoms with E-state index in [4.69, 9.17) is 0 Å². The van der Waals surface area contributed by atoms with E-state index in [-0.39, 0.29) is 17.8 Å². The second-order valence-corrected chi connectivity index (χ2v) is 6.17. The van der Waals surface area contributed by atoms with Gasteiger partial charge in [0.1, 0.15) is 11.9 Å². The number of anilines is 2. The first-order chi connectivity index (χ1) is 10.1. The average molecular weight is 396 g/mol. The van der Waals surface area contributed by atoms with Gasteiger partial charge in [-0.25, -0.2) is 4.39 Å². The molecule has 2 N–H and O–H groups in total. The molecule has 1 aliphatic rings. The zero-order valence-corrected chi connectivity index (χ0v) is 13.4. The highest BCUT2D eigenvalue weighted by molar-refractivity contribution is 14.1. The molecule has 1 heterocycles. The second-order valence-electron chi connectivity index (χ2n) is 5.01. The first-order valence-corrected chi connectivity index (χ1v) is 7.82. The molecule has 1 amide bonds. The zero-order valence-electron chi connectivity index (χ0n) is 11.2. The molecule has 0 saturated heterocycles. The van der Waals surface area contributed by atoms with Crippen molar-refractivity contribution in [3.05, 3.63) is 57.4 Å². The molecule has 0 fully saturated rings. The van der Waals surface area contributed by atoms with Crippen molar-refractivity contribution in [2.45, 2.75) is 18.9 Å². The van der Waals surface area contributed by atoms with Crippen LogP contribution < -0.4 is 10.6 Å². The fourth-order valence-electron chi connectivity index (χ4n) is 2.44. The lowest BCUT2D eigenvalue weighted by Gasteiger charge is -2.17. The van der Waals surface area contributed by atoms with Gasteiger partial charge in [-0.15, -0.1) is 0 Å². The molecule has 0 bridgehead atoms. The van der Waals surface area contributed by atoms with E-state index < -0.39 is 0 Å². The number of halogens is 2. The zero-order chi connectivity index (χ0) is 14.8. The Morgan fingerprint density at radius 2 is 2.05 bits per heavy atom. The van der Waals surface area contributed by atoms with Crippen LogP contribution >= 0.6 is 22.6 Å². The van der Waals surface area contributed by atoms with Gasteiger partial charge in [0.25, 0.3) is 0 Å². The lowest BCUT2D eigenvalue weighted by atomic mass is 10.1. The van der Waals surface area contributed by atoms with E-state index in [9.17, 15) is 9.18 Å². The van der Waals surface area contributed by atoms with Crippen molar-refractivity contribution in [1.82, 2.24) is 0 Å². The van der Waals surface area contributed by atoms with Crippen molar-refractivity contribution in [3.63, 3.8) is 0 Å². The molecule has 108 valence electrons. The highest BCUT2D eigenvalue weighted by atomic mass is 127. The molecule has 2 aromatic rings. The van der Waals surface area contributed by atoms with E-state index in [1.54, 1.807) is 6.07 Å². The molecular weight excluding hydrogens is 382 g/mol. The normalized spacial score (nSPS) is 17.6. The molecular formula is C16H14FIN2O. The van der Waals surface area contributed by atoms with Crippen LogP contribution in [0.4, 0.5) is 15.8 Å². The number of benzene rings is 2. The Kier molecular flexibility index (Phi) is 4.10. The molecule has 3 nitrogen and oxygen atoms in total. The second kappa shape index (κ2) is 6.01. The lowest BCUT2D eigenvalue weighted by Crippen LogP contribution is -2.33. The molecule has 0 saturated carbocycles. The minimum atomic E-state index is -0.323. The number of carbonyl (C=O) groups is 1. The Hall–Kier alpha value is -1.63. The van der Waals surface area contributed by atoms with Crippen LogP contribution in [0.2, 0.25) is 0 Å². The van der Waals surface area contributed by atoms with Crippen molar-refractivity contribution in [1.29, 1.82) is 0 Å². The van der Waals surface area contributed by atoms with E-state index in [0.717, 1.165) is 26.9 Å². The van der Waals surface area contributed by atoms with Crippen LogP contribution in [0, 0.1) is 9.39 Å². The molecule has 3 rings (SSSR count). The third-order valence-corrected chi connectivity index (χ3v) is 4.45. The molecule has 0 aromatic heterocycles. The van der Waals surface area contributed by atoms with Crippen molar-refractivity contribution < 1.29 is 9.18 Å². The van der Waals surface area contributed by atoms with E-state index in [0.29, 0.717) is 6.42 Å². The van der Waals surface area contributed by atoms with Crippen LogP contribution in [0.15, 0.2) is 42.5 Å². The fraction of sp³-hybridized carbons (Fsp3) is 0.188. The predicted molar refractivity (Wildman–Crippen MR) is 89.9 cm³/mol. The van der Waals surface area contributed by atoms with Crippen molar-refractivity contribution in [2.75, 3.05) is 10.6 Å². The Morgan fingerprint density at radius 3 is 2.86 bits per heavy atom. The van der Waals surface area contributed by atoms with Crippen molar-refractivity contribution in [3.8, 4) is 0 Å². The SMILES string of the molecule is O=C1Nc2ccccc2CCC1Nc1ccc(F)cc1I.